The fourth-order valence-corrected chi connectivity index (χ4v) is 0. The summed E-state index contributed by atoms with van der Waals surface area (Å²) in [5, 5.41) is 38.0. The van der Waals surface area contributed by atoms with Crippen molar-refractivity contribution in [3.05, 3.63) is 63.3 Å². The summed E-state index contributed by atoms with van der Waals surface area (Å²) in [5.74, 6) is -4.91. The molecule has 26 heavy (non-hydrogen) atoms. The van der Waals surface area contributed by atoms with E-state index in [9.17, 15) is 24.0 Å². The molecular weight excluding hydrogens is 391 g/mol. The van der Waals surface area contributed by atoms with E-state index in [1.807, 2.05) is 0 Å². The summed E-state index contributed by atoms with van der Waals surface area (Å²) in [6, 6.07) is 0. The van der Waals surface area contributed by atoms with E-state index in [0.29, 0.717) is 0 Å². The van der Waals surface area contributed by atoms with E-state index in [1.54, 1.807) is 0 Å². The molecule has 0 unspecified atom stereocenters. The van der Waals surface area contributed by atoms with Crippen LogP contribution in [0.15, 0.2) is 63.3 Å². The second-order valence-electron chi connectivity index (χ2n) is 2.71. The van der Waals surface area contributed by atoms with E-state index in [1.165, 1.54) is 0 Å². The van der Waals surface area contributed by atoms with Gasteiger partial charge >= 0.3 is 29.8 Å². The average molecular weight is 411 g/mol. The summed E-state index contributed by atoms with van der Waals surface area (Å²) < 4.78 is 0. The van der Waals surface area contributed by atoms with Crippen LogP contribution in [-0.4, -0.2) is 55.4 Å². The van der Waals surface area contributed by atoms with Crippen molar-refractivity contribution in [1.82, 2.24) is 0 Å². The first kappa shape index (κ1) is 38.3. The second-order valence-corrected chi connectivity index (χ2v) is 2.71. The zero-order chi connectivity index (χ0) is 21.4. The van der Waals surface area contributed by atoms with Crippen LogP contribution in [0.5, 0.6) is 0 Å². The maximum atomic E-state index is 9.25. The Morgan fingerprint density at radius 2 is 0.462 bits per heavy atom. The molecule has 10 nitrogen and oxygen atoms in total. The number of carboxylic acids is 5. The summed E-state index contributed by atoms with van der Waals surface area (Å²) >= 11 is 0. The molecule has 0 aromatic rings. The average Bonchev–Trinajstić information content (AvgIpc) is 2.56. The van der Waals surface area contributed by atoms with Crippen LogP contribution < -0.4 is 0 Å². The first-order valence-corrected chi connectivity index (χ1v) is 5.62. The van der Waals surface area contributed by atoms with Crippen molar-refractivity contribution in [2.24, 2.45) is 0 Å². The maximum absolute atomic E-state index is 9.25. The molecule has 1 radical (unpaired) electrons. The molecule has 0 aromatic carbocycles. The van der Waals surface area contributed by atoms with Crippen LogP contribution in [0.3, 0.4) is 0 Å². The van der Waals surface area contributed by atoms with Crippen LogP contribution in [0.25, 0.3) is 0 Å². The molecule has 0 aliphatic rings. The van der Waals surface area contributed by atoms with Crippen molar-refractivity contribution in [1.29, 1.82) is 0 Å². The van der Waals surface area contributed by atoms with Crippen LogP contribution in [0, 0.1) is 0 Å². The van der Waals surface area contributed by atoms with Gasteiger partial charge in [-0.05, 0) is 0 Å². The van der Waals surface area contributed by atoms with Crippen LogP contribution in [-0.2, 0) is 42.5 Å². The minimum Gasteiger partial charge on any atom is -0.478 e. The fraction of sp³-hybridized carbons (Fsp3) is 0. The van der Waals surface area contributed by atoms with Crippen LogP contribution in [0.1, 0.15) is 0 Å². The van der Waals surface area contributed by atoms with E-state index in [-0.39, 0.29) is 18.6 Å². The zero-order valence-electron chi connectivity index (χ0n) is 13.6. The van der Waals surface area contributed by atoms with Crippen LogP contribution in [0.2, 0.25) is 0 Å². The number of rotatable bonds is 5. The summed E-state index contributed by atoms with van der Waals surface area (Å²) in [6.07, 6.45) is 4.17. The van der Waals surface area contributed by atoms with Gasteiger partial charge in [0.05, 0.1) is 0 Å². The number of carboxylic acid groups (broad SMARTS) is 5. The smallest absolute Gasteiger partial charge is 0.327 e. The van der Waals surface area contributed by atoms with Crippen molar-refractivity contribution in [3.63, 3.8) is 0 Å². The second kappa shape index (κ2) is 33.3. The van der Waals surface area contributed by atoms with Crippen molar-refractivity contribution in [2.75, 3.05) is 0 Å². The third-order valence-electron chi connectivity index (χ3n) is 0.873. The monoisotopic (exact) mass is 411 g/mol. The summed E-state index contributed by atoms with van der Waals surface area (Å²) in [6.45, 7) is 14.8. The van der Waals surface area contributed by atoms with Crippen molar-refractivity contribution < 1.29 is 68.1 Å². The molecule has 0 spiro atoms. The van der Waals surface area contributed by atoms with Gasteiger partial charge in [0.15, 0.2) is 0 Å². The Morgan fingerprint density at radius 3 is 0.462 bits per heavy atom. The topological polar surface area (TPSA) is 186 Å². The third-order valence-corrected chi connectivity index (χ3v) is 0.873. The van der Waals surface area contributed by atoms with Crippen molar-refractivity contribution in [2.45, 2.75) is 0 Å². The zero-order valence-corrected chi connectivity index (χ0v) is 15.0. The van der Waals surface area contributed by atoms with E-state index in [2.05, 4.69) is 32.9 Å². The van der Waals surface area contributed by atoms with Gasteiger partial charge in [0, 0.05) is 48.9 Å². The van der Waals surface area contributed by atoms with E-state index < -0.39 is 29.8 Å². The van der Waals surface area contributed by atoms with E-state index >= 15 is 0 Å². The van der Waals surface area contributed by atoms with Gasteiger partial charge in [0.25, 0.3) is 0 Å². The Bertz CT molecular complexity index is 390. The van der Waals surface area contributed by atoms with Gasteiger partial charge in [0.1, 0.15) is 0 Å². The SMILES string of the molecule is C=CC(=O)O.C=CC(=O)O.C=CC(=O)O.C=CC(=O)O.C=CC(=O)O.[V]. The van der Waals surface area contributed by atoms with Gasteiger partial charge in [0.2, 0.25) is 0 Å². The van der Waals surface area contributed by atoms with Gasteiger partial charge in [-0.15, -0.1) is 0 Å². The quantitative estimate of drug-likeness (QED) is 0.412. The Balaban J connectivity index is -0.0000000476. The fourth-order valence-electron chi connectivity index (χ4n) is 0. The van der Waals surface area contributed by atoms with Crippen molar-refractivity contribution in [3.8, 4) is 0 Å². The van der Waals surface area contributed by atoms with E-state index in [4.69, 9.17) is 25.5 Å². The molecule has 0 saturated carbocycles. The summed E-state index contributed by atoms with van der Waals surface area (Å²) in [4.78, 5) is 46.2. The van der Waals surface area contributed by atoms with Crippen LogP contribution >= 0.6 is 0 Å². The standard InChI is InChI=1S/5C3H4O2.V/c5*1-2-3(4)5;/h5*2H,1H2,(H,4,5);. The molecule has 5 N–H and O–H groups in total. The predicted octanol–water partition coefficient (Wildman–Crippen LogP) is 1.28. The molecule has 0 heterocycles. The van der Waals surface area contributed by atoms with Gasteiger partial charge in [-0.2, -0.15) is 0 Å². The molecule has 0 fully saturated rings. The van der Waals surface area contributed by atoms with Gasteiger partial charge in [-0.1, -0.05) is 32.9 Å². The molecule has 11 heteroatoms. The molecule has 0 atom stereocenters. The number of hydrogen-bond acceptors (Lipinski definition) is 5. The maximum Gasteiger partial charge on any atom is 0.327 e. The Hall–Kier alpha value is -3.37. The van der Waals surface area contributed by atoms with Crippen LogP contribution in [0.4, 0.5) is 0 Å². The molecule has 0 aliphatic heterocycles. The van der Waals surface area contributed by atoms with E-state index in [0.717, 1.165) is 30.4 Å². The normalized spacial score (nSPS) is 6.15. The number of aliphatic carboxylic acids is 5. The minimum absolute atomic E-state index is 0. The van der Waals surface area contributed by atoms with Gasteiger partial charge < -0.3 is 25.5 Å². The summed E-state index contributed by atoms with van der Waals surface area (Å²) in [5.41, 5.74) is 0. The molecular formula is C15H20O10V. The predicted molar refractivity (Wildman–Crippen MR) is 89.2 cm³/mol. The Labute approximate surface area is 161 Å². The molecule has 0 amide bonds. The molecule has 145 valence electrons. The van der Waals surface area contributed by atoms with Gasteiger partial charge in [-0.3, -0.25) is 0 Å². The first-order chi connectivity index (χ1) is 11.4. The summed E-state index contributed by atoms with van der Waals surface area (Å²) in [7, 11) is 0. The minimum atomic E-state index is -0.981. The molecule has 0 aliphatic carbocycles. The molecule has 0 rings (SSSR count). The third kappa shape index (κ3) is 181. The molecule has 0 saturated heterocycles. The van der Waals surface area contributed by atoms with Gasteiger partial charge in [-0.25, -0.2) is 24.0 Å². The Morgan fingerprint density at radius 1 is 0.423 bits per heavy atom. The molecule has 0 aromatic heterocycles. The van der Waals surface area contributed by atoms with Crippen molar-refractivity contribution >= 4 is 29.8 Å². The number of carbonyl (C=O) groups is 5. The number of hydrogen-bond donors (Lipinski definition) is 5. The largest absolute Gasteiger partial charge is 0.478 e. The first-order valence-electron chi connectivity index (χ1n) is 5.62. The Kier molecular flexibility index (Phi) is 49.0. The molecule has 0 bridgehead atoms.